The van der Waals surface area contributed by atoms with Crippen LogP contribution in [0.4, 0.5) is 0 Å². The van der Waals surface area contributed by atoms with E-state index in [4.69, 9.17) is 4.74 Å². The molecule has 0 heterocycles. The number of methoxy groups -OCH3 is 1. The average molecular weight is 240 g/mol. The van der Waals surface area contributed by atoms with Gasteiger partial charge in [-0.2, -0.15) is 0 Å². The average Bonchev–Trinajstić information content (AvgIpc) is 2.71. The van der Waals surface area contributed by atoms with Crippen molar-refractivity contribution in [3.8, 4) is 5.75 Å². The quantitative estimate of drug-likeness (QED) is 0.711. The van der Waals surface area contributed by atoms with Crippen LogP contribution in [0.15, 0.2) is 30.3 Å². The molecule has 2 aromatic carbocycles. The summed E-state index contributed by atoms with van der Waals surface area (Å²) in [5, 5.41) is 2.69. The Balaban J connectivity index is 2.30. The molecule has 0 saturated heterocycles. The lowest BCUT2D eigenvalue weighted by molar-refractivity contribution is 0.325. The van der Waals surface area contributed by atoms with E-state index < -0.39 is 0 Å². The van der Waals surface area contributed by atoms with E-state index in [1.165, 1.54) is 21.9 Å². The summed E-state index contributed by atoms with van der Waals surface area (Å²) in [6, 6.07) is 11.0. The predicted molar refractivity (Wildman–Crippen MR) is 76.4 cm³/mol. The number of benzene rings is 2. The van der Waals surface area contributed by atoms with Crippen LogP contribution in [0.1, 0.15) is 37.8 Å². The Morgan fingerprint density at radius 1 is 1.11 bits per heavy atom. The van der Waals surface area contributed by atoms with Crippen molar-refractivity contribution in [1.82, 2.24) is 0 Å². The van der Waals surface area contributed by atoms with Crippen molar-refractivity contribution in [2.45, 2.75) is 33.1 Å². The molecular weight excluding hydrogens is 220 g/mol. The molecule has 0 N–H and O–H groups in total. The summed E-state index contributed by atoms with van der Waals surface area (Å²) in [5.74, 6) is 1.61. The maximum atomic E-state index is 5.49. The fourth-order valence-electron chi connectivity index (χ4n) is 3.23. The zero-order valence-electron chi connectivity index (χ0n) is 11.6. The van der Waals surface area contributed by atoms with Crippen LogP contribution in [-0.4, -0.2) is 7.11 Å². The molecule has 1 heteroatoms. The van der Waals surface area contributed by atoms with Gasteiger partial charge in [-0.1, -0.05) is 45.0 Å². The standard InChI is InChI=1S/C17H20O/c1-17(2,3)14-10-11-6-5-7-13-15(18-4)9-8-12(14)16(11)13/h5-9,14H,10H2,1-4H3. The minimum atomic E-state index is 0.306. The van der Waals surface area contributed by atoms with E-state index in [-0.39, 0.29) is 0 Å². The first-order valence-electron chi connectivity index (χ1n) is 6.61. The van der Waals surface area contributed by atoms with Crippen LogP contribution in [0.5, 0.6) is 5.75 Å². The Labute approximate surface area is 109 Å². The van der Waals surface area contributed by atoms with E-state index in [0.717, 1.165) is 12.2 Å². The zero-order valence-corrected chi connectivity index (χ0v) is 11.6. The summed E-state index contributed by atoms with van der Waals surface area (Å²) in [6.45, 7) is 7.00. The maximum absolute atomic E-state index is 5.49. The number of rotatable bonds is 1. The lowest BCUT2D eigenvalue weighted by atomic mass is 9.77. The summed E-state index contributed by atoms with van der Waals surface area (Å²) in [6.07, 6.45) is 1.16. The van der Waals surface area contributed by atoms with Gasteiger partial charge in [0.05, 0.1) is 7.11 Å². The molecule has 94 valence electrons. The highest BCUT2D eigenvalue weighted by molar-refractivity contribution is 5.95. The van der Waals surface area contributed by atoms with Gasteiger partial charge in [0, 0.05) is 5.39 Å². The maximum Gasteiger partial charge on any atom is 0.126 e. The van der Waals surface area contributed by atoms with Gasteiger partial charge in [0.25, 0.3) is 0 Å². The van der Waals surface area contributed by atoms with Crippen molar-refractivity contribution >= 4 is 10.8 Å². The molecule has 1 nitrogen and oxygen atoms in total. The Kier molecular flexibility index (Phi) is 2.41. The Bertz CT molecular complexity index is 605. The molecule has 1 atom stereocenters. The second-order valence-electron chi connectivity index (χ2n) is 6.32. The molecule has 0 saturated carbocycles. The molecule has 2 aromatic rings. The lowest BCUT2D eigenvalue weighted by Crippen LogP contribution is -2.17. The summed E-state index contributed by atoms with van der Waals surface area (Å²) in [7, 11) is 1.75. The van der Waals surface area contributed by atoms with Crippen molar-refractivity contribution in [1.29, 1.82) is 0 Å². The summed E-state index contributed by atoms with van der Waals surface area (Å²) in [5.41, 5.74) is 3.27. The Morgan fingerprint density at radius 3 is 2.56 bits per heavy atom. The smallest absolute Gasteiger partial charge is 0.126 e. The van der Waals surface area contributed by atoms with Crippen LogP contribution in [0.3, 0.4) is 0 Å². The van der Waals surface area contributed by atoms with Gasteiger partial charge in [0.2, 0.25) is 0 Å². The third-order valence-corrected chi connectivity index (χ3v) is 4.18. The third kappa shape index (κ3) is 1.53. The van der Waals surface area contributed by atoms with Crippen molar-refractivity contribution in [3.63, 3.8) is 0 Å². The van der Waals surface area contributed by atoms with Gasteiger partial charge in [0.15, 0.2) is 0 Å². The molecule has 0 amide bonds. The Hall–Kier alpha value is -1.50. The third-order valence-electron chi connectivity index (χ3n) is 4.18. The van der Waals surface area contributed by atoms with E-state index in [9.17, 15) is 0 Å². The lowest BCUT2D eigenvalue weighted by Gasteiger charge is -2.28. The summed E-state index contributed by atoms with van der Waals surface area (Å²) < 4.78 is 5.49. The summed E-state index contributed by atoms with van der Waals surface area (Å²) in [4.78, 5) is 0. The minimum absolute atomic E-state index is 0.306. The van der Waals surface area contributed by atoms with Crippen LogP contribution in [0.25, 0.3) is 10.8 Å². The molecular formula is C17H20O. The fourth-order valence-corrected chi connectivity index (χ4v) is 3.23. The number of ether oxygens (including phenoxy) is 1. The van der Waals surface area contributed by atoms with Gasteiger partial charge >= 0.3 is 0 Å². The van der Waals surface area contributed by atoms with E-state index in [2.05, 4.69) is 51.1 Å². The van der Waals surface area contributed by atoms with E-state index in [0.29, 0.717) is 11.3 Å². The van der Waals surface area contributed by atoms with Crippen molar-refractivity contribution < 1.29 is 4.74 Å². The van der Waals surface area contributed by atoms with Crippen LogP contribution in [-0.2, 0) is 6.42 Å². The van der Waals surface area contributed by atoms with Gasteiger partial charge < -0.3 is 4.74 Å². The van der Waals surface area contributed by atoms with Gasteiger partial charge in [-0.25, -0.2) is 0 Å². The molecule has 18 heavy (non-hydrogen) atoms. The highest BCUT2D eigenvalue weighted by Gasteiger charge is 2.33. The predicted octanol–water partition coefficient (Wildman–Crippen LogP) is 4.53. The van der Waals surface area contributed by atoms with Gasteiger partial charge in [-0.05, 0) is 40.3 Å². The Morgan fingerprint density at radius 2 is 1.89 bits per heavy atom. The SMILES string of the molecule is COc1ccc2c3c(cccc13)CC2C(C)(C)C. The molecule has 1 aliphatic carbocycles. The molecule has 3 rings (SSSR count). The van der Waals surface area contributed by atoms with Crippen LogP contribution in [0, 0.1) is 5.41 Å². The van der Waals surface area contributed by atoms with Crippen LogP contribution in [0.2, 0.25) is 0 Å². The van der Waals surface area contributed by atoms with Crippen LogP contribution < -0.4 is 4.74 Å². The molecule has 0 aromatic heterocycles. The summed E-state index contributed by atoms with van der Waals surface area (Å²) >= 11 is 0. The first-order chi connectivity index (χ1) is 8.52. The molecule has 0 radical (unpaired) electrons. The zero-order chi connectivity index (χ0) is 12.9. The fraction of sp³-hybridized carbons (Fsp3) is 0.412. The van der Waals surface area contributed by atoms with E-state index in [1.807, 2.05) is 0 Å². The monoisotopic (exact) mass is 240 g/mol. The van der Waals surface area contributed by atoms with Crippen molar-refractivity contribution in [2.24, 2.45) is 5.41 Å². The number of hydrogen-bond acceptors (Lipinski definition) is 1. The molecule has 0 spiro atoms. The van der Waals surface area contributed by atoms with Crippen LogP contribution >= 0.6 is 0 Å². The largest absolute Gasteiger partial charge is 0.496 e. The highest BCUT2D eigenvalue weighted by atomic mass is 16.5. The second-order valence-corrected chi connectivity index (χ2v) is 6.32. The first-order valence-corrected chi connectivity index (χ1v) is 6.61. The topological polar surface area (TPSA) is 9.23 Å². The van der Waals surface area contributed by atoms with Gasteiger partial charge in [-0.3, -0.25) is 0 Å². The normalized spacial score (nSPS) is 18.3. The minimum Gasteiger partial charge on any atom is -0.496 e. The number of hydrogen-bond donors (Lipinski definition) is 0. The first kappa shape index (κ1) is 11.6. The molecule has 0 fully saturated rings. The van der Waals surface area contributed by atoms with Gasteiger partial charge in [-0.15, -0.1) is 0 Å². The second kappa shape index (κ2) is 3.74. The van der Waals surface area contributed by atoms with Crippen molar-refractivity contribution in [2.75, 3.05) is 7.11 Å². The molecule has 1 aliphatic rings. The van der Waals surface area contributed by atoms with Gasteiger partial charge in [0.1, 0.15) is 5.75 Å². The molecule has 0 aliphatic heterocycles. The molecule has 1 unspecified atom stereocenters. The van der Waals surface area contributed by atoms with Crippen molar-refractivity contribution in [3.05, 3.63) is 41.5 Å². The van der Waals surface area contributed by atoms with E-state index in [1.54, 1.807) is 7.11 Å². The highest BCUT2D eigenvalue weighted by Crippen LogP contribution is 2.48. The van der Waals surface area contributed by atoms with E-state index >= 15 is 0 Å². The molecule has 0 bridgehead atoms.